The van der Waals surface area contributed by atoms with E-state index in [1.54, 1.807) is 55.0 Å². The maximum absolute atomic E-state index is 13.7. The number of fused-ring (bicyclic) bond motifs is 2. The molecule has 0 bridgehead atoms. The highest BCUT2D eigenvalue weighted by molar-refractivity contribution is 7.92. The van der Waals surface area contributed by atoms with Gasteiger partial charge in [0.2, 0.25) is 9.84 Å². The molecule has 3 aromatic heterocycles. The lowest BCUT2D eigenvalue weighted by Gasteiger charge is -2.07. The molecule has 0 aliphatic rings. The van der Waals surface area contributed by atoms with Crippen molar-refractivity contribution in [3.8, 4) is 0 Å². The summed E-state index contributed by atoms with van der Waals surface area (Å²) in [7, 11) is -4.00. The molecule has 33 heavy (non-hydrogen) atoms. The minimum Gasteiger partial charge on any atom is -0.382 e. The highest BCUT2D eigenvalue weighted by Crippen LogP contribution is 2.35. The summed E-state index contributed by atoms with van der Waals surface area (Å²) < 4.78 is 28.8. The van der Waals surface area contributed by atoms with Gasteiger partial charge in [-0.05, 0) is 55.3 Å². The van der Waals surface area contributed by atoms with Gasteiger partial charge in [-0.1, -0.05) is 24.3 Å². The Balaban J connectivity index is 1.81. The Morgan fingerprint density at radius 1 is 0.970 bits per heavy atom. The summed E-state index contributed by atoms with van der Waals surface area (Å²) >= 11 is 0. The van der Waals surface area contributed by atoms with Gasteiger partial charge in [-0.3, -0.25) is 4.98 Å². The van der Waals surface area contributed by atoms with Gasteiger partial charge in [-0.25, -0.2) is 18.4 Å². The lowest BCUT2D eigenvalue weighted by Crippen LogP contribution is -2.07. The summed E-state index contributed by atoms with van der Waals surface area (Å²) in [6.07, 6.45) is 4.84. The predicted molar refractivity (Wildman–Crippen MR) is 128 cm³/mol. The summed E-state index contributed by atoms with van der Waals surface area (Å²) in [6.45, 7) is 3.79. The molecule has 0 spiro atoms. The normalized spacial score (nSPS) is 12.2. The molecule has 0 amide bonds. The van der Waals surface area contributed by atoms with E-state index in [9.17, 15) is 8.42 Å². The van der Waals surface area contributed by atoms with Crippen LogP contribution in [0.15, 0.2) is 81.9 Å². The van der Waals surface area contributed by atoms with E-state index in [4.69, 9.17) is 5.73 Å². The van der Waals surface area contributed by atoms with Crippen molar-refractivity contribution in [2.75, 3.05) is 5.73 Å². The SMILES string of the molecule is Cc1ccc(S(=O)(=O)c2c(N)n(/N=C/c3cccnc3)c3nc4ccccc4nc23)cc1C. The van der Waals surface area contributed by atoms with Crippen LogP contribution in [0, 0.1) is 13.8 Å². The number of anilines is 1. The van der Waals surface area contributed by atoms with Crippen molar-refractivity contribution in [3.05, 3.63) is 83.7 Å². The summed E-state index contributed by atoms with van der Waals surface area (Å²) in [5, 5.41) is 4.43. The van der Waals surface area contributed by atoms with Crippen LogP contribution in [-0.2, 0) is 9.84 Å². The van der Waals surface area contributed by atoms with Crippen LogP contribution in [0.4, 0.5) is 5.82 Å². The third-order valence-electron chi connectivity index (χ3n) is 5.49. The maximum Gasteiger partial charge on any atom is 0.212 e. The van der Waals surface area contributed by atoms with Crippen LogP contribution in [0.3, 0.4) is 0 Å². The Morgan fingerprint density at radius 2 is 1.73 bits per heavy atom. The molecule has 2 N–H and O–H groups in total. The topological polar surface area (TPSA) is 116 Å². The Hall–Kier alpha value is -4.11. The number of hydrogen-bond donors (Lipinski definition) is 1. The number of pyridine rings is 1. The fourth-order valence-corrected chi connectivity index (χ4v) is 5.15. The van der Waals surface area contributed by atoms with Gasteiger partial charge in [0.1, 0.15) is 16.2 Å². The molecule has 0 atom stereocenters. The second-order valence-corrected chi connectivity index (χ2v) is 9.58. The number of rotatable bonds is 4. The van der Waals surface area contributed by atoms with Gasteiger partial charge in [-0.15, -0.1) is 0 Å². The maximum atomic E-state index is 13.7. The molecule has 0 unspecified atom stereocenters. The first-order valence-electron chi connectivity index (χ1n) is 10.2. The molecule has 0 radical (unpaired) electrons. The first-order chi connectivity index (χ1) is 15.9. The number of nitrogen functional groups attached to an aromatic ring is 1. The summed E-state index contributed by atoms with van der Waals surface area (Å²) in [5.74, 6) is -0.0568. The van der Waals surface area contributed by atoms with Crippen LogP contribution in [0.1, 0.15) is 16.7 Å². The van der Waals surface area contributed by atoms with Gasteiger partial charge in [0.05, 0.1) is 22.1 Å². The molecule has 0 saturated heterocycles. The van der Waals surface area contributed by atoms with Crippen LogP contribution < -0.4 is 5.73 Å². The van der Waals surface area contributed by atoms with Crippen LogP contribution in [0.25, 0.3) is 22.2 Å². The van der Waals surface area contributed by atoms with E-state index >= 15 is 0 Å². The fourth-order valence-electron chi connectivity index (χ4n) is 3.58. The molecule has 0 saturated carbocycles. The number of hydrogen-bond acceptors (Lipinski definition) is 7. The van der Waals surface area contributed by atoms with E-state index in [2.05, 4.69) is 20.1 Å². The van der Waals surface area contributed by atoms with Crippen molar-refractivity contribution in [1.82, 2.24) is 19.6 Å². The minimum atomic E-state index is -4.00. The number of aromatic nitrogens is 4. The van der Waals surface area contributed by atoms with Crippen molar-refractivity contribution < 1.29 is 8.42 Å². The molecule has 0 fully saturated rings. The Morgan fingerprint density at radius 3 is 2.42 bits per heavy atom. The molecule has 164 valence electrons. The lowest BCUT2D eigenvalue weighted by molar-refractivity contribution is 0.597. The zero-order valence-electron chi connectivity index (χ0n) is 18.0. The third-order valence-corrected chi connectivity index (χ3v) is 7.31. The first kappa shape index (κ1) is 20.8. The molecule has 5 aromatic rings. The molecule has 0 aliphatic carbocycles. The quantitative estimate of drug-likeness (QED) is 0.410. The van der Waals surface area contributed by atoms with E-state index in [1.807, 2.05) is 32.0 Å². The number of nitrogens with zero attached hydrogens (tertiary/aromatic N) is 5. The Labute approximate surface area is 190 Å². The van der Waals surface area contributed by atoms with Gasteiger partial charge in [-0.2, -0.15) is 9.78 Å². The molecular formula is C24H20N6O2S. The average molecular weight is 457 g/mol. The predicted octanol–water partition coefficient (Wildman–Crippen LogP) is 3.89. The van der Waals surface area contributed by atoms with Crippen LogP contribution in [-0.4, -0.2) is 34.3 Å². The highest BCUT2D eigenvalue weighted by atomic mass is 32.2. The van der Waals surface area contributed by atoms with Gasteiger partial charge in [0, 0.05) is 18.0 Å². The smallest absolute Gasteiger partial charge is 0.212 e. The van der Waals surface area contributed by atoms with Crippen LogP contribution in [0.5, 0.6) is 0 Å². The second kappa shape index (κ2) is 7.79. The molecule has 3 heterocycles. The van der Waals surface area contributed by atoms with E-state index in [1.165, 1.54) is 4.68 Å². The van der Waals surface area contributed by atoms with E-state index < -0.39 is 9.84 Å². The molecule has 0 aliphatic heterocycles. The summed E-state index contributed by atoms with van der Waals surface area (Å²) in [6, 6.07) is 15.8. The van der Waals surface area contributed by atoms with Gasteiger partial charge >= 0.3 is 0 Å². The van der Waals surface area contributed by atoms with Crippen molar-refractivity contribution in [2.24, 2.45) is 5.10 Å². The molecular weight excluding hydrogens is 436 g/mol. The van der Waals surface area contributed by atoms with Crippen molar-refractivity contribution in [3.63, 3.8) is 0 Å². The number of para-hydroxylation sites is 2. The lowest BCUT2D eigenvalue weighted by atomic mass is 10.1. The third kappa shape index (κ3) is 3.52. The van der Waals surface area contributed by atoms with E-state index in [0.29, 0.717) is 11.0 Å². The summed E-state index contributed by atoms with van der Waals surface area (Å²) in [4.78, 5) is 13.4. The zero-order chi connectivity index (χ0) is 23.2. The summed E-state index contributed by atoms with van der Waals surface area (Å²) in [5.41, 5.74) is 10.6. The molecule has 9 heteroatoms. The first-order valence-corrected chi connectivity index (χ1v) is 11.7. The number of benzene rings is 2. The largest absolute Gasteiger partial charge is 0.382 e. The minimum absolute atomic E-state index is 0.0568. The van der Waals surface area contributed by atoms with Gasteiger partial charge in [0.15, 0.2) is 5.65 Å². The Bertz CT molecular complexity index is 1660. The van der Waals surface area contributed by atoms with Crippen LogP contribution >= 0.6 is 0 Å². The molecule has 2 aromatic carbocycles. The van der Waals surface area contributed by atoms with E-state index in [-0.39, 0.29) is 26.8 Å². The number of aryl methyl sites for hydroxylation is 2. The molecule has 8 nitrogen and oxygen atoms in total. The number of sulfone groups is 1. The van der Waals surface area contributed by atoms with Crippen LogP contribution in [0.2, 0.25) is 0 Å². The van der Waals surface area contributed by atoms with Crippen molar-refractivity contribution in [2.45, 2.75) is 23.6 Å². The van der Waals surface area contributed by atoms with Crippen molar-refractivity contribution >= 4 is 44.1 Å². The number of nitrogens with two attached hydrogens (primary N) is 1. The highest BCUT2D eigenvalue weighted by Gasteiger charge is 2.30. The average Bonchev–Trinajstić information content (AvgIpc) is 3.09. The fraction of sp³-hybridized carbons (Fsp3) is 0.0833. The monoisotopic (exact) mass is 456 g/mol. The Kier molecular flexibility index (Phi) is 4.90. The zero-order valence-corrected chi connectivity index (χ0v) is 18.8. The standard InChI is InChI=1S/C24H20N6O2S/c1-15-9-10-18(12-16(15)2)33(31,32)22-21-24(29-20-8-4-3-7-19(20)28-21)30(23(22)25)27-14-17-6-5-11-26-13-17/h3-14H,25H2,1-2H3/b27-14+. The van der Waals surface area contributed by atoms with Crippen molar-refractivity contribution in [1.29, 1.82) is 0 Å². The second-order valence-electron chi connectivity index (χ2n) is 7.69. The van der Waals surface area contributed by atoms with Gasteiger partial charge < -0.3 is 5.73 Å². The molecule has 5 rings (SSSR count). The van der Waals surface area contributed by atoms with Gasteiger partial charge in [0.25, 0.3) is 0 Å². The van der Waals surface area contributed by atoms with E-state index in [0.717, 1.165) is 16.7 Å².